The van der Waals surface area contributed by atoms with Gasteiger partial charge in [0.05, 0.1) is 0 Å². The number of rotatable bonds is 1. The minimum Gasteiger partial charge on any atom is -0.482 e. The quantitative estimate of drug-likeness (QED) is 0.708. The van der Waals surface area contributed by atoms with Gasteiger partial charge in [-0.3, -0.25) is 0 Å². The van der Waals surface area contributed by atoms with Crippen LogP contribution in [0, 0.1) is 0 Å². The molecule has 1 aliphatic heterocycles. The van der Waals surface area contributed by atoms with Crippen LogP contribution in [0.5, 0.6) is 5.75 Å². The predicted octanol–water partition coefficient (Wildman–Crippen LogP) is 4.10. The molecule has 2 aromatic carbocycles. The van der Waals surface area contributed by atoms with Crippen LogP contribution in [-0.2, 0) is 5.60 Å². The highest BCUT2D eigenvalue weighted by Gasteiger charge is 2.35. The van der Waals surface area contributed by atoms with Gasteiger partial charge in [0.1, 0.15) is 11.4 Å². The van der Waals surface area contributed by atoms with Gasteiger partial charge in [-0.05, 0) is 18.6 Å². The lowest BCUT2D eigenvalue weighted by molar-refractivity contribution is 0.0897. The maximum atomic E-state index is 6.19. The molecule has 0 saturated heterocycles. The smallest absolute Gasteiger partial charge is 0.136 e. The van der Waals surface area contributed by atoms with Crippen LogP contribution in [0.15, 0.2) is 54.6 Å². The standard InChI is InChI=1S/C16H14OS/c1-16(12-7-3-2-4-8-12)11-15(18)13-9-5-6-10-14(13)17-16/h2-10H,11H2,1H3. The zero-order valence-corrected chi connectivity index (χ0v) is 11.0. The van der Waals surface area contributed by atoms with Gasteiger partial charge in [-0.15, -0.1) is 0 Å². The first-order valence-corrected chi connectivity index (χ1v) is 6.47. The first-order valence-electron chi connectivity index (χ1n) is 6.06. The highest BCUT2D eigenvalue weighted by molar-refractivity contribution is 7.80. The van der Waals surface area contributed by atoms with Crippen LogP contribution in [0.25, 0.3) is 0 Å². The molecule has 3 rings (SSSR count). The number of para-hydroxylation sites is 1. The van der Waals surface area contributed by atoms with Crippen LogP contribution < -0.4 is 4.74 Å². The maximum absolute atomic E-state index is 6.19. The van der Waals surface area contributed by atoms with Gasteiger partial charge < -0.3 is 4.74 Å². The third-order valence-corrected chi connectivity index (χ3v) is 3.77. The van der Waals surface area contributed by atoms with Crippen molar-refractivity contribution in [1.82, 2.24) is 0 Å². The molecule has 1 unspecified atom stereocenters. The number of thiocarbonyl (C=S) groups is 1. The Morgan fingerprint density at radius 3 is 2.44 bits per heavy atom. The molecule has 0 radical (unpaired) electrons. The van der Waals surface area contributed by atoms with E-state index in [0.717, 1.165) is 22.6 Å². The van der Waals surface area contributed by atoms with E-state index in [1.165, 1.54) is 5.56 Å². The molecule has 0 spiro atoms. The number of fused-ring (bicyclic) bond motifs is 1. The second-order valence-electron chi connectivity index (χ2n) is 4.80. The summed E-state index contributed by atoms with van der Waals surface area (Å²) < 4.78 is 6.19. The average Bonchev–Trinajstić information content (AvgIpc) is 2.40. The molecule has 0 aromatic heterocycles. The summed E-state index contributed by atoms with van der Waals surface area (Å²) in [6.07, 6.45) is 0.753. The van der Waals surface area contributed by atoms with Crippen molar-refractivity contribution >= 4 is 17.1 Å². The van der Waals surface area contributed by atoms with E-state index >= 15 is 0 Å². The van der Waals surface area contributed by atoms with Gasteiger partial charge in [-0.25, -0.2) is 0 Å². The van der Waals surface area contributed by atoms with Gasteiger partial charge in [0, 0.05) is 16.8 Å². The summed E-state index contributed by atoms with van der Waals surface area (Å²) in [6.45, 7) is 2.10. The molecule has 1 nitrogen and oxygen atoms in total. The second kappa shape index (κ2) is 4.21. The average molecular weight is 254 g/mol. The van der Waals surface area contributed by atoms with Gasteiger partial charge in [-0.1, -0.05) is 60.7 Å². The molecule has 0 saturated carbocycles. The maximum Gasteiger partial charge on any atom is 0.136 e. The molecule has 1 heterocycles. The molecule has 2 heteroatoms. The first kappa shape index (κ1) is 11.4. The number of benzene rings is 2. The largest absolute Gasteiger partial charge is 0.482 e. The fourth-order valence-corrected chi connectivity index (χ4v) is 2.86. The van der Waals surface area contributed by atoms with Crippen molar-refractivity contribution in [3.8, 4) is 5.75 Å². The summed E-state index contributed by atoms with van der Waals surface area (Å²) >= 11 is 5.53. The zero-order chi connectivity index (χ0) is 12.6. The Morgan fingerprint density at radius 1 is 1.00 bits per heavy atom. The van der Waals surface area contributed by atoms with Crippen molar-refractivity contribution in [3.63, 3.8) is 0 Å². The lowest BCUT2D eigenvalue weighted by Crippen LogP contribution is -2.36. The third-order valence-electron chi connectivity index (χ3n) is 3.41. The molecule has 1 atom stereocenters. The Balaban J connectivity index is 2.06. The first-order chi connectivity index (χ1) is 8.69. The summed E-state index contributed by atoms with van der Waals surface area (Å²) in [5, 5.41) is 0. The van der Waals surface area contributed by atoms with Crippen LogP contribution in [0.2, 0.25) is 0 Å². The minimum absolute atomic E-state index is 0.354. The zero-order valence-electron chi connectivity index (χ0n) is 10.2. The van der Waals surface area contributed by atoms with Gasteiger partial charge in [0.15, 0.2) is 0 Å². The molecule has 0 bridgehead atoms. The lowest BCUT2D eigenvalue weighted by atomic mass is 9.86. The highest BCUT2D eigenvalue weighted by Crippen LogP contribution is 2.39. The van der Waals surface area contributed by atoms with Gasteiger partial charge in [-0.2, -0.15) is 0 Å². The van der Waals surface area contributed by atoms with Gasteiger partial charge in [0.25, 0.3) is 0 Å². The van der Waals surface area contributed by atoms with Crippen molar-refractivity contribution in [2.75, 3.05) is 0 Å². The molecule has 0 amide bonds. The summed E-state index contributed by atoms with van der Waals surface area (Å²) in [5.41, 5.74) is 1.87. The topological polar surface area (TPSA) is 9.23 Å². The van der Waals surface area contributed by atoms with E-state index < -0.39 is 0 Å². The van der Waals surface area contributed by atoms with E-state index in [2.05, 4.69) is 19.1 Å². The summed E-state index contributed by atoms with van der Waals surface area (Å²) in [6, 6.07) is 18.3. The van der Waals surface area contributed by atoms with Crippen LogP contribution in [0.3, 0.4) is 0 Å². The molecule has 0 N–H and O–H groups in total. The van der Waals surface area contributed by atoms with E-state index in [-0.39, 0.29) is 5.60 Å². The Labute approximate surface area is 112 Å². The molecule has 2 aromatic rings. The van der Waals surface area contributed by atoms with Gasteiger partial charge in [0.2, 0.25) is 0 Å². The Hall–Kier alpha value is -1.67. The Kier molecular flexibility index (Phi) is 2.67. The second-order valence-corrected chi connectivity index (χ2v) is 5.29. The van der Waals surface area contributed by atoms with Gasteiger partial charge >= 0.3 is 0 Å². The van der Waals surface area contributed by atoms with E-state index in [1.807, 2.05) is 42.5 Å². The lowest BCUT2D eigenvalue weighted by Gasteiger charge is -2.36. The number of ether oxygens (including phenoxy) is 1. The van der Waals surface area contributed by atoms with E-state index in [9.17, 15) is 0 Å². The van der Waals surface area contributed by atoms with Crippen LogP contribution >= 0.6 is 12.2 Å². The van der Waals surface area contributed by atoms with E-state index in [1.54, 1.807) is 0 Å². The van der Waals surface area contributed by atoms with Crippen molar-refractivity contribution < 1.29 is 4.74 Å². The van der Waals surface area contributed by atoms with E-state index in [0.29, 0.717) is 0 Å². The molecular weight excluding hydrogens is 240 g/mol. The fraction of sp³-hybridized carbons (Fsp3) is 0.188. The summed E-state index contributed by atoms with van der Waals surface area (Å²) in [4.78, 5) is 0.975. The minimum atomic E-state index is -0.354. The van der Waals surface area contributed by atoms with Crippen molar-refractivity contribution in [2.45, 2.75) is 18.9 Å². The Morgan fingerprint density at radius 2 is 1.67 bits per heavy atom. The monoisotopic (exact) mass is 254 g/mol. The van der Waals surface area contributed by atoms with Crippen LogP contribution in [-0.4, -0.2) is 4.86 Å². The number of hydrogen-bond acceptors (Lipinski definition) is 2. The SMILES string of the molecule is CC1(c2ccccc2)CC(=S)c2ccccc2O1. The molecule has 0 fully saturated rings. The normalized spacial score (nSPS) is 22.2. The molecule has 0 aliphatic carbocycles. The van der Waals surface area contributed by atoms with Crippen LogP contribution in [0.4, 0.5) is 0 Å². The number of hydrogen-bond donors (Lipinski definition) is 0. The van der Waals surface area contributed by atoms with Crippen molar-refractivity contribution in [3.05, 3.63) is 65.7 Å². The van der Waals surface area contributed by atoms with E-state index in [4.69, 9.17) is 17.0 Å². The van der Waals surface area contributed by atoms with Crippen LogP contribution in [0.1, 0.15) is 24.5 Å². The molecule has 1 aliphatic rings. The van der Waals surface area contributed by atoms with Crippen molar-refractivity contribution in [2.24, 2.45) is 0 Å². The third kappa shape index (κ3) is 1.83. The van der Waals surface area contributed by atoms with Crippen molar-refractivity contribution in [1.29, 1.82) is 0 Å². The Bertz CT molecular complexity index is 591. The highest BCUT2D eigenvalue weighted by atomic mass is 32.1. The summed E-state index contributed by atoms with van der Waals surface area (Å²) in [5.74, 6) is 0.889. The molecule has 90 valence electrons. The predicted molar refractivity (Wildman–Crippen MR) is 77.2 cm³/mol. The fourth-order valence-electron chi connectivity index (χ4n) is 2.42. The molecular formula is C16H14OS. The molecule has 18 heavy (non-hydrogen) atoms. The summed E-state index contributed by atoms with van der Waals surface area (Å²) in [7, 11) is 0.